The molecule has 0 aromatic carbocycles. The average Bonchev–Trinajstić information content (AvgIpc) is 3.43. The number of aliphatic hydroxyl groups excluding tert-OH is 11. The van der Waals surface area contributed by atoms with Crippen LogP contribution in [0.4, 0.5) is 0 Å². The highest BCUT2D eigenvalue weighted by atomic mass is 16.8. The quantitative estimate of drug-likeness (QED) is 0.0200. The third-order valence-corrected chi connectivity index (χ3v) is 17.5. The number of rotatable bonds is 53. The molecule has 3 aliphatic rings. The Labute approximate surface area is 518 Å². The van der Waals surface area contributed by atoms with Gasteiger partial charge in [-0.25, -0.2) is 0 Å². The van der Waals surface area contributed by atoms with Crippen molar-refractivity contribution in [1.82, 2.24) is 5.32 Å². The van der Waals surface area contributed by atoms with Crippen LogP contribution in [0.15, 0.2) is 24.3 Å². The van der Waals surface area contributed by atoms with Crippen molar-refractivity contribution in [3.63, 3.8) is 0 Å². The summed E-state index contributed by atoms with van der Waals surface area (Å²) in [5, 5.41) is 121. The summed E-state index contributed by atoms with van der Waals surface area (Å²) in [6.45, 7) is 1.76. The number of hydrogen-bond acceptors (Lipinski definition) is 18. The topological polar surface area (TPSA) is 307 Å². The van der Waals surface area contributed by atoms with E-state index in [-0.39, 0.29) is 18.9 Å². The molecule has 506 valence electrons. The predicted molar refractivity (Wildman–Crippen MR) is 333 cm³/mol. The maximum absolute atomic E-state index is 13.4. The van der Waals surface area contributed by atoms with Crippen LogP contribution in [0.25, 0.3) is 0 Å². The van der Waals surface area contributed by atoms with Gasteiger partial charge in [0, 0.05) is 6.42 Å². The zero-order chi connectivity index (χ0) is 62.6. The zero-order valence-corrected chi connectivity index (χ0v) is 53.3. The van der Waals surface area contributed by atoms with Gasteiger partial charge in [-0.3, -0.25) is 4.79 Å². The number of hydrogen-bond donors (Lipinski definition) is 12. The molecule has 86 heavy (non-hydrogen) atoms. The Morgan fingerprint density at radius 1 is 0.419 bits per heavy atom. The van der Waals surface area contributed by atoms with Gasteiger partial charge >= 0.3 is 0 Å². The van der Waals surface area contributed by atoms with Gasteiger partial charge in [0.25, 0.3) is 0 Å². The molecule has 17 unspecified atom stereocenters. The molecular weight excluding hydrogens is 1110 g/mol. The summed E-state index contributed by atoms with van der Waals surface area (Å²) in [5.41, 5.74) is 0. The Morgan fingerprint density at radius 2 is 0.779 bits per heavy atom. The summed E-state index contributed by atoms with van der Waals surface area (Å²) in [6.07, 6.45) is 28.4. The van der Waals surface area contributed by atoms with Gasteiger partial charge in [-0.1, -0.05) is 244 Å². The number of aliphatic hydroxyl groups is 11. The fourth-order valence-corrected chi connectivity index (χ4v) is 11.9. The Kier molecular flexibility index (Phi) is 45.6. The lowest BCUT2D eigenvalue weighted by Crippen LogP contribution is -2.66. The summed E-state index contributed by atoms with van der Waals surface area (Å²) >= 11 is 0. The second kappa shape index (κ2) is 49.9. The van der Waals surface area contributed by atoms with Crippen molar-refractivity contribution >= 4 is 5.91 Å². The molecule has 0 radical (unpaired) electrons. The highest BCUT2D eigenvalue weighted by molar-refractivity contribution is 5.76. The van der Waals surface area contributed by atoms with E-state index >= 15 is 0 Å². The van der Waals surface area contributed by atoms with E-state index in [9.17, 15) is 61.0 Å². The highest BCUT2D eigenvalue weighted by Crippen LogP contribution is 2.33. The van der Waals surface area contributed by atoms with Crippen molar-refractivity contribution in [3.05, 3.63) is 24.3 Å². The van der Waals surface area contributed by atoms with Crippen LogP contribution in [0, 0.1) is 0 Å². The van der Waals surface area contributed by atoms with Crippen LogP contribution in [0.2, 0.25) is 0 Å². The van der Waals surface area contributed by atoms with Gasteiger partial charge in [0.1, 0.15) is 73.2 Å². The number of amides is 1. The molecule has 0 bridgehead atoms. The first-order valence-electron chi connectivity index (χ1n) is 34.6. The zero-order valence-electron chi connectivity index (χ0n) is 53.3. The molecular formula is C67H125NO18. The van der Waals surface area contributed by atoms with Crippen LogP contribution in [-0.4, -0.2) is 193 Å². The Balaban J connectivity index is 1.41. The fraction of sp³-hybridized carbons (Fsp3) is 0.925. The molecule has 0 aromatic heterocycles. The van der Waals surface area contributed by atoms with Crippen LogP contribution < -0.4 is 5.32 Å². The molecule has 17 atom stereocenters. The maximum atomic E-state index is 13.4. The third kappa shape index (κ3) is 32.0. The van der Waals surface area contributed by atoms with Crippen LogP contribution in [0.1, 0.15) is 264 Å². The van der Waals surface area contributed by atoms with E-state index in [1.165, 1.54) is 161 Å². The molecule has 3 saturated heterocycles. The lowest BCUT2D eigenvalue weighted by atomic mass is 9.96. The molecule has 19 nitrogen and oxygen atoms in total. The van der Waals surface area contributed by atoms with Crippen LogP contribution in [0.5, 0.6) is 0 Å². The third-order valence-electron chi connectivity index (χ3n) is 17.5. The molecule has 12 N–H and O–H groups in total. The van der Waals surface area contributed by atoms with Crippen molar-refractivity contribution in [2.75, 3.05) is 26.4 Å². The van der Waals surface area contributed by atoms with Gasteiger partial charge < -0.3 is 89.9 Å². The first-order chi connectivity index (χ1) is 41.8. The van der Waals surface area contributed by atoms with Gasteiger partial charge in [0.05, 0.1) is 38.6 Å². The normalized spacial score (nSPS) is 28.9. The minimum Gasteiger partial charge on any atom is -0.394 e. The van der Waals surface area contributed by atoms with Gasteiger partial charge in [0.15, 0.2) is 18.9 Å². The molecule has 0 spiro atoms. The number of allylic oxidation sites excluding steroid dienone is 4. The fourth-order valence-electron chi connectivity index (χ4n) is 11.9. The van der Waals surface area contributed by atoms with E-state index in [2.05, 4.69) is 43.5 Å². The molecule has 1 amide bonds. The second-order valence-electron chi connectivity index (χ2n) is 25.0. The molecule has 0 aromatic rings. The van der Waals surface area contributed by atoms with Crippen LogP contribution in [0.3, 0.4) is 0 Å². The van der Waals surface area contributed by atoms with Crippen molar-refractivity contribution in [2.24, 2.45) is 0 Å². The number of unbranched alkanes of at least 4 members (excludes halogenated alkanes) is 33. The average molecular weight is 1230 g/mol. The maximum Gasteiger partial charge on any atom is 0.220 e. The van der Waals surface area contributed by atoms with Crippen LogP contribution in [-0.2, 0) is 33.2 Å². The van der Waals surface area contributed by atoms with E-state index in [1.807, 2.05) is 0 Å². The second-order valence-corrected chi connectivity index (χ2v) is 25.0. The van der Waals surface area contributed by atoms with E-state index in [0.29, 0.717) is 12.8 Å². The minimum atomic E-state index is -1.97. The summed E-state index contributed by atoms with van der Waals surface area (Å²) in [6, 6.07) is -0.893. The van der Waals surface area contributed by atoms with E-state index in [0.717, 1.165) is 70.6 Å². The lowest BCUT2D eigenvalue weighted by molar-refractivity contribution is -0.379. The largest absolute Gasteiger partial charge is 0.394 e. The van der Waals surface area contributed by atoms with Crippen LogP contribution >= 0.6 is 0 Å². The molecule has 3 aliphatic heterocycles. The molecule has 3 rings (SSSR count). The summed E-state index contributed by atoms with van der Waals surface area (Å²) in [4.78, 5) is 13.4. The van der Waals surface area contributed by atoms with Crippen molar-refractivity contribution in [2.45, 2.75) is 369 Å². The molecule has 19 heteroatoms. The summed E-state index contributed by atoms with van der Waals surface area (Å²) < 4.78 is 34.4. The van der Waals surface area contributed by atoms with E-state index in [1.54, 1.807) is 0 Å². The van der Waals surface area contributed by atoms with Gasteiger partial charge in [-0.05, 0) is 38.5 Å². The lowest BCUT2D eigenvalue weighted by Gasteiger charge is -2.48. The number of ether oxygens (including phenoxy) is 6. The Morgan fingerprint density at radius 3 is 1.22 bits per heavy atom. The molecule has 0 saturated carbocycles. The number of carbonyl (C=O) groups excluding carboxylic acids is 1. The molecule has 3 heterocycles. The highest BCUT2D eigenvalue weighted by Gasteiger charge is 2.53. The summed E-state index contributed by atoms with van der Waals surface area (Å²) in [5.74, 6) is -0.255. The monoisotopic (exact) mass is 1230 g/mol. The first kappa shape index (κ1) is 78.5. The number of carbonyl (C=O) groups is 1. The standard InChI is InChI=1S/C67H125NO18/c1-3-5-7-9-11-13-15-17-19-20-21-22-23-24-25-26-27-28-29-30-31-32-34-36-38-40-42-44-51(72)50(68-55(73)45-43-41-39-37-35-33-18-16-14-12-10-8-6-4-2)49-81-65-61(79)58(76)63(53(47-70)83-65)86-67-62(80)59(77)64(54(48-71)84-67)85-66-60(78)57(75)56(74)52(46-69)82-66/h10,12,16,18,50-54,56-67,69-72,74-80H,3-9,11,13-15,17,19-49H2,1-2H3,(H,68,73)/b12-10-,18-16-. The SMILES string of the molecule is CCCC/C=C\C/C=C\CCCCCCCC(=O)NC(COC1OC(CO)C(OC2OC(CO)C(OC3OC(CO)C(O)C(O)C3O)C(O)C2O)C(O)C1O)C(O)CCCCCCCCCCCCCCCCCCCCCCCCCCCCC. The molecule has 0 aliphatic carbocycles. The van der Waals surface area contributed by atoms with Gasteiger partial charge in [0.2, 0.25) is 5.91 Å². The number of nitrogens with one attached hydrogen (secondary N) is 1. The smallest absolute Gasteiger partial charge is 0.220 e. The minimum absolute atomic E-state index is 0.251. The first-order valence-corrected chi connectivity index (χ1v) is 34.6. The van der Waals surface area contributed by atoms with Crippen molar-refractivity contribution in [1.29, 1.82) is 0 Å². The van der Waals surface area contributed by atoms with Gasteiger partial charge in [-0.15, -0.1) is 0 Å². The van der Waals surface area contributed by atoms with Crippen molar-refractivity contribution < 1.29 is 89.4 Å². The summed E-state index contributed by atoms with van der Waals surface area (Å²) in [7, 11) is 0. The predicted octanol–water partition coefficient (Wildman–Crippen LogP) is 8.66. The van der Waals surface area contributed by atoms with Crippen molar-refractivity contribution in [3.8, 4) is 0 Å². The van der Waals surface area contributed by atoms with E-state index < -0.39 is 124 Å². The molecule has 3 fully saturated rings. The Hall–Kier alpha value is -1.73. The van der Waals surface area contributed by atoms with E-state index in [4.69, 9.17) is 28.4 Å². The Bertz CT molecular complexity index is 1660. The van der Waals surface area contributed by atoms with Gasteiger partial charge in [-0.2, -0.15) is 0 Å².